The van der Waals surface area contributed by atoms with Crippen LogP contribution in [0.3, 0.4) is 0 Å². The van der Waals surface area contributed by atoms with Gasteiger partial charge in [-0.15, -0.1) is 0 Å². The van der Waals surface area contributed by atoms with E-state index >= 15 is 0 Å². The Bertz CT molecular complexity index is 311. The lowest BCUT2D eigenvalue weighted by atomic mass is 9.92. The Kier molecular flexibility index (Phi) is 4.82. The molecule has 0 aliphatic carbocycles. The quantitative estimate of drug-likeness (QED) is 0.820. The summed E-state index contributed by atoms with van der Waals surface area (Å²) < 4.78 is 0. The zero-order valence-corrected chi connectivity index (χ0v) is 11.4. The van der Waals surface area contributed by atoms with Crippen LogP contribution in [0, 0.1) is 5.41 Å². The summed E-state index contributed by atoms with van der Waals surface area (Å²) in [4.78, 5) is 0. The standard InChI is InChI=1S/C14H22ClN/c1-11(16-10-9-14(2,3)4)12-5-7-13(15)8-6-12/h5-8,11,16H,9-10H2,1-4H3. The maximum atomic E-state index is 5.86. The van der Waals surface area contributed by atoms with E-state index in [0.29, 0.717) is 11.5 Å². The molecule has 1 atom stereocenters. The van der Waals surface area contributed by atoms with Gasteiger partial charge in [0.05, 0.1) is 0 Å². The molecule has 1 N–H and O–H groups in total. The maximum absolute atomic E-state index is 5.86. The van der Waals surface area contributed by atoms with Crippen LogP contribution in [0.1, 0.15) is 45.7 Å². The highest BCUT2D eigenvalue weighted by Crippen LogP contribution is 2.19. The summed E-state index contributed by atoms with van der Waals surface area (Å²) in [6, 6.07) is 8.44. The minimum atomic E-state index is 0.389. The summed E-state index contributed by atoms with van der Waals surface area (Å²) in [5.74, 6) is 0. The van der Waals surface area contributed by atoms with Crippen LogP contribution < -0.4 is 5.32 Å². The average molecular weight is 240 g/mol. The Morgan fingerprint density at radius 2 is 1.75 bits per heavy atom. The van der Waals surface area contributed by atoms with Crippen LogP contribution >= 0.6 is 11.6 Å². The first kappa shape index (κ1) is 13.5. The Hall–Kier alpha value is -0.530. The predicted octanol–water partition coefficient (Wildman–Crippen LogP) is 4.43. The molecule has 0 amide bonds. The number of rotatable bonds is 4. The van der Waals surface area contributed by atoms with Crippen LogP contribution in [0.5, 0.6) is 0 Å². The van der Waals surface area contributed by atoms with Gasteiger partial charge in [-0.1, -0.05) is 44.5 Å². The maximum Gasteiger partial charge on any atom is 0.0406 e. The van der Waals surface area contributed by atoms with Crippen LogP contribution in [0.15, 0.2) is 24.3 Å². The van der Waals surface area contributed by atoms with Crippen molar-refractivity contribution in [2.75, 3.05) is 6.54 Å². The van der Waals surface area contributed by atoms with E-state index in [1.807, 2.05) is 12.1 Å². The normalized spacial score (nSPS) is 13.8. The SMILES string of the molecule is CC(NCCC(C)(C)C)c1ccc(Cl)cc1. The first-order chi connectivity index (χ1) is 7.38. The monoisotopic (exact) mass is 239 g/mol. The molecule has 0 aliphatic rings. The van der Waals surface area contributed by atoms with Crippen molar-refractivity contribution in [3.05, 3.63) is 34.9 Å². The third kappa shape index (κ3) is 5.00. The highest BCUT2D eigenvalue weighted by molar-refractivity contribution is 6.30. The van der Waals surface area contributed by atoms with Crippen molar-refractivity contribution in [3.63, 3.8) is 0 Å². The Balaban J connectivity index is 2.41. The zero-order valence-electron chi connectivity index (χ0n) is 10.7. The van der Waals surface area contributed by atoms with E-state index in [2.05, 4.69) is 45.1 Å². The Morgan fingerprint density at radius 3 is 2.25 bits per heavy atom. The molecule has 1 aromatic carbocycles. The van der Waals surface area contributed by atoms with E-state index in [0.717, 1.165) is 11.6 Å². The second kappa shape index (κ2) is 5.70. The third-order valence-electron chi connectivity index (χ3n) is 2.70. The average Bonchev–Trinajstić information content (AvgIpc) is 2.16. The molecule has 0 fully saturated rings. The topological polar surface area (TPSA) is 12.0 Å². The van der Waals surface area contributed by atoms with Crippen LogP contribution in [0.4, 0.5) is 0 Å². The van der Waals surface area contributed by atoms with Gasteiger partial charge >= 0.3 is 0 Å². The smallest absolute Gasteiger partial charge is 0.0406 e. The predicted molar refractivity (Wildman–Crippen MR) is 71.9 cm³/mol. The van der Waals surface area contributed by atoms with Gasteiger partial charge in [-0.2, -0.15) is 0 Å². The van der Waals surface area contributed by atoms with E-state index in [1.54, 1.807) is 0 Å². The van der Waals surface area contributed by atoms with Gasteiger partial charge in [-0.3, -0.25) is 0 Å². The molecule has 0 aromatic heterocycles. The van der Waals surface area contributed by atoms with Gasteiger partial charge in [-0.25, -0.2) is 0 Å². The fourth-order valence-electron chi connectivity index (χ4n) is 1.53. The molecular formula is C14H22ClN. The number of nitrogens with one attached hydrogen (secondary N) is 1. The second-order valence-corrected chi connectivity index (χ2v) is 5.97. The van der Waals surface area contributed by atoms with Crippen molar-refractivity contribution in [3.8, 4) is 0 Å². The molecule has 1 aromatic rings. The number of hydrogen-bond donors (Lipinski definition) is 1. The van der Waals surface area contributed by atoms with Crippen molar-refractivity contribution < 1.29 is 0 Å². The van der Waals surface area contributed by atoms with Gasteiger partial charge in [0, 0.05) is 11.1 Å². The summed E-state index contributed by atoms with van der Waals surface area (Å²) in [7, 11) is 0. The molecular weight excluding hydrogens is 218 g/mol. The zero-order chi connectivity index (χ0) is 12.2. The molecule has 0 spiro atoms. The van der Waals surface area contributed by atoms with Crippen LogP contribution in [0.2, 0.25) is 5.02 Å². The van der Waals surface area contributed by atoms with E-state index in [9.17, 15) is 0 Å². The first-order valence-corrected chi connectivity index (χ1v) is 6.25. The molecule has 0 heterocycles. The minimum absolute atomic E-state index is 0.389. The number of hydrogen-bond acceptors (Lipinski definition) is 1. The molecule has 0 saturated heterocycles. The highest BCUT2D eigenvalue weighted by Gasteiger charge is 2.10. The summed E-state index contributed by atoms with van der Waals surface area (Å²) in [5, 5.41) is 4.33. The third-order valence-corrected chi connectivity index (χ3v) is 2.95. The van der Waals surface area contributed by atoms with Gasteiger partial charge in [0.25, 0.3) is 0 Å². The fourth-order valence-corrected chi connectivity index (χ4v) is 1.66. The van der Waals surface area contributed by atoms with E-state index in [-0.39, 0.29) is 0 Å². The van der Waals surface area contributed by atoms with Crippen molar-refractivity contribution >= 4 is 11.6 Å². The Labute approximate surface area is 104 Å². The van der Waals surface area contributed by atoms with E-state index in [1.165, 1.54) is 12.0 Å². The summed E-state index contributed by atoms with van der Waals surface area (Å²) >= 11 is 5.86. The largest absolute Gasteiger partial charge is 0.310 e. The second-order valence-electron chi connectivity index (χ2n) is 5.54. The molecule has 16 heavy (non-hydrogen) atoms. The van der Waals surface area contributed by atoms with Gasteiger partial charge < -0.3 is 5.32 Å². The Morgan fingerprint density at radius 1 is 1.19 bits per heavy atom. The molecule has 90 valence electrons. The molecule has 1 rings (SSSR count). The van der Waals surface area contributed by atoms with Gasteiger partial charge in [0.15, 0.2) is 0 Å². The molecule has 0 bridgehead atoms. The molecule has 0 radical (unpaired) electrons. The minimum Gasteiger partial charge on any atom is -0.310 e. The molecule has 0 aliphatic heterocycles. The van der Waals surface area contributed by atoms with Gasteiger partial charge in [0.2, 0.25) is 0 Å². The van der Waals surface area contributed by atoms with Crippen molar-refractivity contribution in [1.82, 2.24) is 5.32 Å². The van der Waals surface area contributed by atoms with E-state index in [4.69, 9.17) is 11.6 Å². The van der Waals surface area contributed by atoms with Crippen molar-refractivity contribution in [1.29, 1.82) is 0 Å². The van der Waals surface area contributed by atoms with E-state index < -0.39 is 0 Å². The summed E-state index contributed by atoms with van der Waals surface area (Å²) in [6.45, 7) is 10.0. The lowest BCUT2D eigenvalue weighted by molar-refractivity contribution is 0.358. The summed E-state index contributed by atoms with van der Waals surface area (Å²) in [5.41, 5.74) is 1.69. The molecule has 2 heteroatoms. The van der Waals surface area contributed by atoms with Crippen molar-refractivity contribution in [2.45, 2.75) is 40.2 Å². The molecule has 1 nitrogen and oxygen atoms in total. The molecule has 1 unspecified atom stereocenters. The first-order valence-electron chi connectivity index (χ1n) is 5.87. The number of halogens is 1. The fraction of sp³-hybridized carbons (Fsp3) is 0.571. The van der Waals surface area contributed by atoms with Crippen LogP contribution in [-0.4, -0.2) is 6.54 Å². The van der Waals surface area contributed by atoms with Crippen molar-refractivity contribution in [2.24, 2.45) is 5.41 Å². The highest BCUT2D eigenvalue weighted by atomic mass is 35.5. The number of benzene rings is 1. The molecule has 0 saturated carbocycles. The summed E-state index contributed by atoms with van der Waals surface area (Å²) in [6.07, 6.45) is 1.19. The van der Waals surface area contributed by atoms with Gasteiger partial charge in [0.1, 0.15) is 0 Å². The van der Waals surface area contributed by atoms with Crippen LogP contribution in [-0.2, 0) is 0 Å². The van der Waals surface area contributed by atoms with Gasteiger partial charge in [-0.05, 0) is 43.0 Å². The lowest BCUT2D eigenvalue weighted by Gasteiger charge is -2.21. The lowest BCUT2D eigenvalue weighted by Crippen LogP contribution is -2.23. The van der Waals surface area contributed by atoms with Crippen LogP contribution in [0.25, 0.3) is 0 Å².